The van der Waals surface area contributed by atoms with Crippen molar-refractivity contribution in [1.29, 1.82) is 0 Å². The van der Waals surface area contributed by atoms with Crippen LogP contribution in [0.1, 0.15) is 19.4 Å². The Bertz CT molecular complexity index is 421. The van der Waals surface area contributed by atoms with Gasteiger partial charge in [-0.2, -0.15) is 0 Å². The van der Waals surface area contributed by atoms with E-state index < -0.39 is 0 Å². The summed E-state index contributed by atoms with van der Waals surface area (Å²) in [6, 6.07) is 5.30. The highest BCUT2D eigenvalue weighted by molar-refractivity contribution is 5.90. The summed E-state index contributed by atoms with van der Waals surface area (Å²) in [7, 11) is 1.60. The summed E-state index contributed by atoms with van der Waals surface area (Å²) in [5, 5.41) is 5.60. The Balaban J connectivity index is 2.59. The monoisotopic (exact) mass is 266 g/mol. The van der Waals surface area contributed by atoms with Crippen molar-refractivity contribution >= 4 is 11.7 Å². The molecule has 106 valence electrons. The van der Waals surface area contributed by atoms with Gasteiger partial charge in [0.1, 0.15) is 5.75 Å². The predicted octanol–water partition coefficient (Wildman–Crippen LogP) is 2.55. The predicted molar refractivity (Wildman–Crippen MR) is 75.8 cm³/mol. The molecule has 2 amide bonds. The quantitative estimate of drug-likeness (QED) is 0.832. The van der Waals surface area contributed by atoms with Crippen LogP contribution in [-0.4, -0.2) is 32.4 Å². The van der Waals surface area contributed by atoms with E-state index in [1.165, 1.54) is 0 Å². The number of aryl methyl sites for hydroxylation is 1. The molecule has 0 heterocycles. The van der Waals surface area contributed by atoms with Crippen LogP contribution in [0.25, 0.3) is 0 Å². The molecule has 0 aliphatic heterocycles. The van der Waals surface area contributed by atoms with Crippen LogP contribution in [0.15, 0.2) is 18.2 Å². The van der Waals surface area contributed by atoms with Crippen LogP contribution in [-0.2, 0) is 4.74 Å². The lowest BCUT2D eigenvalue weighted by Gasteiger charge is -2.15. The first kappa shape index (κ1) is 15.3. The zero-order valence-corrected chi connectivity index (χ0v) is 11.9. The minimum absolute atomic E-state index is 0.0343. The Labute approximate surface area is 114 Å². The molecule has 2 N–H and O–H groups in total. The van der Waals surface area contributed by atoms with Crippen molar-refractivity contribution < 1.29 is 14.3 Å². The number of methoxy groups -OCH3 is 1. The lowest BCUT2D eigenvalue weighted by atomic mass is 10.2. The minimum atomic E-state index is -0.239. The third-order valence-corrected chi connectivity index (χ3v) is 2.55. The van der Waals surface area contributed by atoms with Gasteiger partial charge in [-0.05, 0) is 44.5 Å². The van der Waals surface area contributed by atoms with Crippen LogP contribution in [0, 0.1) is 6.92 Å². The molecule has 5 nitrogen and oxygen atoms in total. The molecule has 0 saturated carbocycles. The summed E-state index contributed by atoms with van der Waals surface area (Å²) in [6.07, 6.45) is 0. The molecule has 0 bridgehead atoms. The molecule has 1 unspecified atom stereocenters. The van der Waals surface area contributed by atoms with Gasteiger partial charge in [-0.25, -0.2) is 4.79 Å². The van der Waals surface area contributed by atoms with E-state index in [0.29, 0.717) is 13.2 Å². The Morgan fingerprint density at radius 3 is 2.74 bits per heavy atom. The molecule has 0 radical (unpaired) electrons. The number of carbonyl (C=O) groups excluding carboxylic acids is 1. The summed E-state index contributed by atoms with van der Waals surface area (Å²) in [5.74, 6) is 0.804. The number of amides is 2. The van der Waals surface area contributed by atoms with Crippen molar-refractivity contribution in [3.05, 3.63) is 23.8 Å². The smallest absolute Gasteiger partial charge is 0.319 e. The van der Waals surface area contributed by atoms with Gasteiger partial charge in [0.2, 0.25) is 0 Å². The van der Waals surface area contributed by atoms with Crippen LogP contribution in [0.2, 0.25) is 0 Å². The molecular weight excluding hydrogens is 244 g/mol. The van der Waals surface area contributed by atoms with Gasteiger partial charge in [-0.1, -0.05) is 0 Å². The summed E-state index contributed by atoms with van der Waals surface area (Å²) >= 11 is 0. The first-order chi connectivity index (χ1) is 9.06. The highest BCUT2D eigenvalue weighted by Crippen LogP contribution is 2.21. The molecule has 1 aromatic rings. The molecule has 0 saturated heterocycles. The van der Waals surface area contributed by atoms with Gasteiger partial charge < -0.3 is 20.1 Å². The van der Waals surface area contributed by atoms with Crippen molar-refractivity contribution in [2.45, 2.75) is 26.8 Å². The Morgan fingerprint density at radius 1 is 1.42 bits per heavy atom. The number of nitrogens with one attached hydrogen (secondary N) is 2. The van der Waals surface area contributed by atoms with Gasteiger partial charge in [0.25, 0.3) is 0 Å². The van der Waals surface area contributed by atoms with Gasteiger partial charge in [0.05, 0.1) is 19.3 Å². The van der Waals surface area contributed by atoms with E-state index in [2.05, 4.69) is 10.6 Å². The van der Waals surface area contributed by atoms with Crippen molar-refractivity contribution in [1.82, 2.24) is 5.32 Å². The maximum atomic E-state index is 11.8. The number of hydrogen-bond acceptors (Lipinski definition) is 3. The fourth-order valence-corrected chi connectivity index (χ4v) is 1.71. The maximum Gasteiger partial charge on any atom is 0.319 e. The summed E-state index contributed by atoms with van der Waals surface area (Å²) < 4.78 is 10.4. The summed E-state index contributed by atoms with van der Waals surface area (Å²) in [6.45, 7) is 6.86. The van der Waals surface area contributed by atoms with Crippen molar-refractivity contribution in [2.24, 2.45) is 0 Å². The second-order valence-electron chi connectivity index (χ2n) is 4.36. The molecule has 1 atom stereocenters. The number of urea groups is 1. The van der Waals surface area contributed by atoms with Gasteiger partial charge in [-0.15, -0.1) is 0 Å². The van der Waals surface area contributed by atoms with Crippen LogP contribution in [0.4, 0.5) is 10.5 Å². The van der Waals surface area contributed by atoms with Crippen LogP contribution >= 0.6 is 0 Å². The zero-order chi connectivity index (χ0) is 14.3. The minimum Gasteiger partial charge on any atom is -0.494 e. The second kappa shape index (κ2) is 7.63. The number of ether oxygens (including phenoxy) is 2. The van der Waals surface area contributed by atoms with Crippen LogP contribution in [0.5, 0.6) is 5.75 Å². The second-order valence-corrected chi connectivity index (χ2v) is 4.36. The molecule has 0 spiro atoms. The maximum absolute atomic E-state index is 11.8. The Kier molecular flexibility index (Phi) is 6.15. The molecule has 0 fully saturated rings. The third-order valence-electron chi connectivity index (χ3n) is 2.55. The van der Waals surface area contributed by atoms with E-state index in [9.17, 15) is 4.79 Å². The molecule has 5 heteroatoms. The van der Waals surface area contributed by atoms with E-state index in [1.807, 2.05) is 39.0 Å². The fourth-order valence-electron chi connectivity index (χ4n) is 1.71. The molecule has 0 aromatic heterocycles. The number of carbonyl (C=O) groups is 1. The summed E-state index contributed by atoms with van der Waals surface area (Å²) in [4.78, 5) is 11.8. The first-order valence-corrected chi connectivity index (χ1v) is 6.36. The average Bonchev–Trinajstić information content (AvgIpc) is 2.33. The lowest BCUT2D eigenvalue weighted by molar-refractivity contribution is 0.173. The number of hydrogen-bond donors (Lipinski definition) is 2. The normalized spacial score (nSPS) is 11.8. The molecule has 1 rings (SSSR count). The number of anilines is 1. The molecule has 19 heavy (non-hydrogen) atoms. The van der Waals surface area contributed by atoms with Crippen molar-refractivity contribution in [2.75, 3.05) is 25.6 Å². The third kappa shape index (κ3) is 5.18. The number of rotatable bonds is 6. The van der Waals surface area contributed by atoms with Crippen LogP contribution in [0.3, 0.4) is 0 Å². The SMILES string of the molecule is CCOc1ccc(NC(=O)NC(C)COC)c(C)c1. The molecule has 1 aromatic carbocycles. The van der Waals surface area contributed by atoms with E-state index >= 15 is 0 Å². The summed E-state index contributed by atoms with van der Waals surface area (Å²) in [5.41, 5.74) is 1.73. The molecule has 0 aliphatic carbocycles. The highest BCUT2D eigenvalue weighted by atomic mass is 16.5. The van der Waals surface area contributed by atoms with Crippen LogP contribution < -0.4 is 15.4 Å². The van der Waals surface area contributed by atoms with Gasteiger partial charge in [0, 0.05) is 12.8 Å². The molecule has 0 aliphatic rings. The largest absolute Gasteiger partial charge is 0.494 e. The number of benzene rings is 1. The topological polar surface area (TPSA) is 59.6 Å². The fraction of sp³-hybridized carbons (Fsp3) is 0.500. The van der Waals surface area contributed by atoms with Crippen molar-refractivity contribution in [3.63, 3.8) is 0 Å². The molecular formula is C14H22N2O3. The standard InChI is InChI=1S/C14H22N2O3/c1-5-19-12-6-7-13(10(2)8-12)16-14(17)15-11(3)9-18-4/h6-8,11H,5,9H2,1-4H3,(H2,15,16,17). The zero-order valence-electron chi connectivity index (χ0n) is 11.9. The van der Waals surface area contributed by atoms with E-state index in [1.54, 1.807) is 7.11 Å². The van der Waals surface area contributed by atoms with E-state index in [4.69, 9.17) is 9.47 Å². The van der Waals surface area contributed by atoms with E-state index in [-0.39, 0.29) is 12.1 Å². The van der Waals surface area contributed by atoms with E-state index in [0.717, 1.165) is 17.0 Å². The average molecular weight is 266 g/mol. The van der Waals surface area contributed by atoms with Gasteiger partial charge in [0.15, 0.2) is 0 Å². The first-order valence-electron chi connectivity index (χ1n) is 6.36. The van der Waals surface area contributed by atoms with Gasteiger partial charge >= 0.3 is 6.03 Å². The Morgan fingerprint density at radius 2 is 2.16 bits per heavy atom. The van der Waals surface area contributed by atoms with Crippen molar-refractivity contribution in [3.8, 4) is 5.75 Å². The lowest BCUT2D eigenvalue weighted by Crippen LogP contribution is -2.38. The Hall–Kier alpha value is -1.75. The highest BCUT2D eigenvalue weighted by Gasteiger charge is 2.08. The van der Waals surface area contributed by atoms with Gasteiger partial charge in [-0.3, -0.25) is 0 Å².